The van der Waals surface area contributed by atoms with E-state index in [2.05, 4.69) is 5.32 Å². The van der Waals surface area contributed by atoms with Crippen LogP contribution in [0.15, 0.2) is 76.5 Å². The van der Waals surface area contributed by atoms with E-state index in [9.17, 15) is 26.4 Å². The zero-order chi connectivity index (χ0) is 27.9. The highest BCUT2D eigenvalue weighted by Gasteiger charge is 2.33. The van der Waals surface area contributed by atoms with Crippen molar-refractivity contribution in [1.82, 2.24) is 5.32 Å². The van der Waals surface area contributed by atoms with Crippen molar-refractivity contribution < 1.29 is 35.9 Å². The fourth-order valence-electron chi connectivity index (χ4n) is 3.33. The van der Waals surface area contributed by atoms with Crippen molar-refractivity contribution in [3.63, 3.8) is 0 Å². The Morgan fingerprint density at radius 1 is 1.00 bits per heavy atom. The van der Waals surface area contributed by atoms with E-state index >= 15 is 0 Å². The van der Waals surface area contributed by atoms with Crippen LogP contribution < -0.4 is 19.1 Å². The fourth-order valence-corrected chi connectivity index (χ4v) is 5.66. The number of hydrogen-bond acceptors (Lipinski definition) is 6. The molecule has 0 saturated heterocycles. The number of carbonyl (C=O) groups excluding carboxylic acids is 1. The molecule has 1 amide bonds. The first-order valence-corrected chi connectivity index (χ1v) is 13.8. The van der Waals surface area contributed by atoms with Crippen LogP contribution in [-0.2, 0) is 21.0 Å². The molecule has 0 aromatic heterocycles. The largest absolute Gasteiger partial charge is 0.493 e. The minimum absolute atomic E-state index is 0.0984. The van der Waals surface area contributed by atoms with Gasteiger partial charge in [-0.15, -0.1) is 11.8 Å². The molecule has 0 aliphatic rings. The van der Waals surface area contributed by atoms with Crippen LogP contribution in [0.5, 0.6) is 11.5 Å². The summed E-state index contributed by atoms with van der Waals surface area (Å²) in [5, 5.41) is 3.21. The van der Waals surface area contributed by atoms with Gasteiger partial charge in [0.05, 0.1) is 30.4 Å². The van der Waals surface area contributed by atoms with Crippen molar-refractivity contribution in [2.24, 2.45) is 0 Å². The zero-order valence-electron chi connectivity index (χ0n) is 20.3. The summed E-state index contributed by atoms with van der Waals surface area (Å²) in [6, 6.07) is 14.6. The first kappa shape index (κ1) is 29.5. The molecule has 0 unspecified atom stereocenters. The average molecular weight is 589 g/mol. The molecule has 0 radical (unpaired) electrons. The maximum atomic E-state index is 13.6. The lowest BCUT2D eigenvalue weighted by Crippen LogP contribution is -2.41. The number of nitrogens with one attached hydrogen (secondary N) is 1. The predicted molar refractivity (Wildman–Crippen MR) is 141 cm³/mol. The number of ether oxygens (including phenoxy) is 2. The summed E-state index contributed by atoms with van der Waals surface area (Å²) in [5.41, 5.74) is -1.37. The summed E-state index contributed by atoms with van der Waals surface area (Å²) < 4.78 is 78.2. The third-order valence-corrected chi connectivity index (χ3v) is 8.23. The Bertz CT molecular complexity index is 1370. The number of rotatable bonds is 11. The van der Waals surface area contributed by atoms with Gasteiger partial charge in [-0.1, -0.05) is 17.7 Å². The second-order valence-corrected chi connectivity index (χ2v) is 11.2. The van der Waals surface area contributed by atoms with Crippen LogP contribution in [0, 0.1) is 0 Å². The van der Waals surface area contributed by atoms with Crippen LogP contribution in [0.25, 0.3) is 0 Å². The summed E-state index contributed by atoms with van der Waals surface area (Å²) in [6.07, 6.45) is -4.71. The molecular formula is C25H24ClF3N2O5S2. The highest BCUT2D eigenvalue weighted by molar-refractivity contribution is 7.99. The van der Waals surface area contributed by atoms with Crippen molar-refractivity contribution in [2.45, 2.75) is 16.0 Å². The molecule has 1 N–H and O–H groups in total. The Morgan fingerprint density at radius 3 is 2.32 bits per heavy atom. The number of nitrogens with zero attached hydrogens (tertiary/aromatic N) is 1. The topological polar surface area (TPSA) is 84.9 Å². The van der Waals surface area contributed by atoms with E-state index in [1.807, 2.05) is 12.1 Å². The quantitative estimate of drug-likeness (QED) is 0.236. The Kier molecular flexibility index (Phi) is 9.80. The molecule has 0 atom stereocenters. The van der Waals surface area contributed by atoms with Crippen molar-refractivity contribution in [3.05, 3.63) is 77.3 Å². The first-order chi connectivity index (χ1) is 18.0. The van der Waals surface area contributed by atoms with Gasteiger partial charge in [0.25, 0.3) is 10.0 Å². The maximum absolute atomic E-state index is 13.6. The van der Waals surface area contributed by atoms with Gasteiger partial charge in [-0.3, -0.25) is 9.10 Å². The third-order valence-electron chi connectivity index (χ3n) is 5.20. The lowest BCUT2D eigenvalue weighted by atomic mass is 10.2. The number of alkyl halides is 3. The standard InChI is InChI=1S/C25H24ClF3N2O5S2/c1-35-22-11-10-21(15-23(22)36-2)38(33,34)31(19-5-3-4-17(14-19)25(27,28)29)16-24(32)30-12-13-37-20-8-6-18(26)7-9-20/h3-11,14-15H,12-13,16H2,1-2H3,(H,30,32). The second-order valence-electron chi connectivity index (χ2n) is 7.73. The molecule has 38 heavy (non-hydrogen) atoms. The van der Waals surface area contributed by atoms with E-state index in [4.69, 9.17) is 21.1 Å². The van der Waals surface area contributed by atoms with Crippen LogP contribution in [0.2, 0.25) is 5.02 Å². The van der Waals surface area contributed by atoms with Crippen molar-refractivity contribution in [1.29, 1.82) is 0 Å². The van der Waals surface area contributed by atoms with Crippen molar-refractivity contribution in [2.75, 3.05) is 37.4 Å². The van der Waals surface area contributed by atoms with Gasteiger partial charge >= 0.3 is 6.18 Å². The highest BCUT2D eigenvalue weighted by Crippen LogP contribution is 2.35. The number of carbonyl (C=O) groups is 1. The SMILES string of the molecule is COc1ccc(S(=O)(=O)N(CC(=O)NCCSc2ccc(Cl)cc2)c2cccc(C(F)(F)F)c2)cc1OC. The lowest BCUT2D eigenvalue weighted by molar-refractivity contribution is -0.137. The van der Waals surface area contributed by atoms with E-state index in [-0.39, 0.29) is 28.6 Å². The van der Waals surface area contributed by atoms with Gasteiger partial charge in [-0.2, -0.15) is 13.2 Å². The number of methoxy groups -OCH3 is 2. The molecular weight excluding hydrogens is 565 g/mol. The van der Waals surface area contributed by atoms with Crippen LogP contribution in [0.4, 0.5) is 18.9 Å². The molecule has 13 heteroatoms. The van der Waals surface area contributed by atoms with E-state index in [1.54, 1.807) is 12.1 Å². The molecule has 0 saturated carbocycles. The van der Waals surface area contributed by atoms with Crippen molar-refractivity contribution in [3.8, 4) is 11.5 Å². The third kappa shape index (κ3) is 7.49. The predicted octanol–water partition coefficient (Wildman–Crippen LogP) is 5.48. The molecule has 0 fully saturated rings. The van der Waals surface area contributed by atoms with Crippen LogP contribution in [0.3, 0.4) is 0 Å². The molecule has 0 spiro atoms. The second kappa shape index (κ2) is 12.6. The summed E-state index contributed by atoms with van der Waals surface area (Å²) in [6.45, 7) is -0.553. The minimum atomic E-state index is -4.71. The molecule has 0 heterocycles. The number of benzene rings is 3. The number of anilines is 1. The van der Waals surface area contributed by atoms with Crippen LogP contribution in [0.1, 0.15) is 5.56 Å². The Balaban J connectivity index is 1.85. The Morgan fingerprint density at radius 2 is 1.68 bits per heavy atom. The zero-order valence-corrected chi connectivity index (χ0v) is 22.7. The van der Waals surface area contributed by atoms with E-state index < -0.39 is 34.2 Å². The van der Waals surface area contributed by atoms with Gasteiger partial charge in [0.1, 0.15) is 6.54 Å². The summed E-state index contributed by atoms with van der Waals surface area (Å²) in [5.74, 6) is 0.136. The van der Waals surface area contributed by atoms with Gasteiger partial charge < -0.3 is 14.8 Å². The summed E-state index contributed by atoms with van der Waals surface area (Å²) >= 11 is 7.31. The Hall–Kier alpha value is -3.09. The summed E-state index contributed by atoms with van der Waals surface area (Å²) in [4.78, 5) is 13.4. The Labute approximate surface area is 227 Å². The van der Waals surface area contributed by atoms with Crippen LogP contribution in [-0.4, -0.2) is 47.4 Å². The smallest absolute Gasteiger partial charge is 0.416 e. The minimum Gasteiger partial charge on any atom is -0.493 e. The fraction of sp³-hybridized carbons (Fsp3) is 0.240. The van der Waals surface area contributed by atoms with Gasteiger partial charge in [-0.05, 0) is 54.6 Å². The lowest BCUT2D eigenvalue weighted by Gasteiger charge is -2.25. The first-order valence-electron chi connectivity index (χ1n) is 11.0. The van der Waals surface area contributed by atoms with Gasteiger partial charge in [0.15, 0.2) is 11.5 Å². The molecule has 0 bridgehead atoms. The highest BCUT2D eigenvalue weighted by atomic mass is 35.5. The molecule has 3 aromatic carbocycles. The van der Waals surface area contributed by atoms with Gasteiger partial charge in [0, 0.05) is 28.3 Å². The number of halogens is 4. The molecule has 0 aliphatic carbocycles. The summed E-state index contributed by atoms with van der Waals surface area (Å²) in [7, 11) is -1.81. The number of sulfonamides is 1. The average Bonchev–Trinajstić information content (AvgIpc) is 2.89. The van der Waals surface area contributed by atoms with Crippen molar-refractivity contribution >= 4 is 45.0 Å². The van der Waals surface area contributed by atoms with E-state index in [0.29, 0.717) is 21.1 Å². The van der Waals surface area contributed by atoms with Gasteiger partial charge in [0.2, 0.25) is 5.91 Å². The van der Waals surface area contributed by atoms with E-state index in [0.717, 1.165) is 17.0 Å². The number of amides is 1. The molecule has 3 rings (SSSR count). The number of hydrogen-bond donors (Lipinski definition) is 1. The molecule has 204 valence electrons. The number of thioether (sulfide) groups is 1. The maximum Gasteiger partial charge on any atom is 0.416 e. The van der Waals surface area contributed by atoms with Crippen LogP contribution >= 0.6 is 23.4 Å². The molecule has 3 aromatic rings. The normalized spacial score (nSPS) is 11.6. The monoisotopic (exact) mass is 588 g/mol. The van der Waals surface area contributed by atoms with E-state index in [1.165, 1.54) is 50.2 Å². The molecule has 7 nitrogen and oxygen atoms in total. The van der Waals surface area contributed by atoms with Gasteiger partial charge in [-0.25, -0.2) is 8.42 Å². The molecule has 0 aliphatic heterocycles.